The summed E-state index contributed by atoms with van der Waals surface area (Å²) >= 11 is 0. The van der Waals surface area contributed by atoms with E-state index in [4.69, 9.17) is 14.2 Å². The van der Waals surface area contributed by atoms with Gasteiger partial charge in [0.15, 0.2) is 0 Å². The Bertz CT molecular complexity index is 766. The Morgan fingerprint density at radius 1 is 1.03 bits per heavy atom. The van der Waals surface area contributed by atoms with E-state index in [0.717, 1.165) is 38.8 Å². The van der Waals surface area contributed by atoms with Crippen molar-refractivity contribution in [3.63, 3.8) is 0 Å². The molecule has 0 radical (unpaired) electrons. The van der Waals surface area contributed by atoms with Gasteiger partial charge in [-0.1, -0.05) is 6.92 Å². The maximum atomic E-state index is 12.8. The van der Waals surface area contributed by atoms with Gasteiger partial charge in [0.05, 0.1) is 31.0 Å². The van der Waals surface area contributed by atoms with Gasteiger partial charge in [0.25, 0.3) is 0 Å². The fourth-order valence-corrected chi connectivity index (χ4v) is 10.8. The molecule has 7 bridgehead atoms. The van der Waals surface area contributed by atoms with Crippen LogP contribution in [0, 0.1) is 34.5 Å². The third-order valence-electron chi connectivity index (χ3n) is 11.3. The fraction of sp³-hybridized carbons (Fsp3) is 1.00. The molecule has 6 aliphatic rings. The van der Waals surface area contributed by atoms with Crippen molar-refractivity contribution in [3.8, 4) is 0 Å². The Labute approximate surface area is 185 Å². The Morgan fingerprint density at radius 3 is 2.42 bits per heavy atom. The number of likely N-dealkylation sites (N-methyl/N-ethyl adjacent to an activating group) is 1. The molecule has 0 amide bonds. The molecule has 0 aromatic rings. The van der Waals surface area contributed by atoms with Crippen LogP contribution in [0.25, 0.3) is 0 Å². The molecule has 0 aromatic heterocycles. The molecule has 6 fully saturated rings. The number of ether oxygens (including phenoxy) is 3. The lowest BCUT2D eigenvalue weighted by Gasteiger charge is -2.70. The second kappa shape index (κ2) is 6.44. The van der Waals surface area contributed by atoms with Crippen LogP contribution in [0.4, 0.5) is 0 Å². The van der Waals surface area contributed by atoms with Crippen LogP contribution in [0.5, 0.6) is 0 Å². The van der Waals surface area contributed by atoms with Crippen LogP contribution in [0.2, 0.25) is 0 Å². The van der Waals surface area contributed by atoms with Crippen LogP contribution < -0.4 is 0 Å². The highest BCUT2D eigenvalue weighted by atomic mass is 16.5. The van der Waals surface area contributed by atoms with Gasteiger partial charge in [-0.2, -0.15) is 0 Å². The summed E-state index contributed by atoms with van der Waals surface area (Å²) in [5, 5.41) is 36.1. The number of hydrogen-bond acceptors (Lipinski definition) is 7. The first-order chi connectivity index (χ1) is 14.9. The molecule has 12 unspecified atom stereocenters. The third kappa shape index (κ3) is 1.93. The summed E-state index contributed by atoms with van der Waals surface area (Å²) in [4.78, 5) is 2.36. The number of piperidine rings is 1. The molecule has 6 rings (SSSR count). The molecule has 7 nitrogen and oxygen atoms in total. The highest BCUT2D eigenvalue weighted by Gasteiger charge is 2.90. The van der Waals surface area contributed by atoms with Crippen molar-refractivity contribution in [3.05, 3.63) is 0 Å². The molecule has 12 atom stereocenters. The number of aliphatic hydroxyl groups is 3. The monoisotopic (exact) mass is 437 g/mol. The molecule has 5 saturated carbocycles. The van der Waals surface area contributed by atoms with Crippen molar-refractivity contribution in [2.75, 3.05) is 41.0 Å². The topological polar surface area (TPSA) is 91.6 Å². The molecule has 176 valence electrons. The van der Waals surface area contributed by atoms with E-state index in [0.29, 0.717) is 12.3 Å². The zero-order valence-electron chi connectivity index (χ0n) is 19.3. The Kier molecular flexibility index (Phi) is 4.41. The standard InChI is InChI=1S/C24H39NO6/c1-5-25-11-21(12-26)8-7-15(29-2)23-14-10-13-6-9-22(27,16(14)17(13)30-3)24(28,20(23)25)19(31-4)18(21)23/h13-20,26-28H,5-12H2,1-4H3. The minimum absolute atomic E-state index is 0.0328. The highest BCUT2D eigenvalue weighted by molar-refractivity contribution is 5.40. The second-order valence-electron chi connectivity index (χ2n) is 11.5. The number of aliphatic hydroxyl groups excluding tert-OH is 1. The maximum Gasteiger partial charge on any atom is 0.136 e. The predicted molar refractivity (Wildman–Crippen MR) is 112 cm³/mol. The van der Waals surface area contributed by atoms with Crippen molar-refractivity contribution < 1.29 is 29.5 Å². The summed E-state index contributed by atoms with van der Waals surface area (Å²) in [6.07, 6.45) is 3.53. The van der Waals surface area contributed by atoms with E-state index in [1.54, 1.807) is 21.3 Å². The Hall–Kier alpha value is -0.280. The van der Waals surface area contributed by atoms with Crippen molar-refractivity contribution >= 4 is 0 Å². The zero-order valence-corrected chi connectivity index (χ0v) is 19.3. The van der Waals surface area contributed by atoms with Crippen LogP contribution in [0.3, 0.4) is 0 Å². The second-order valence-corrected chi connectivity index (χ2v) is 11.5. The SMILES string of the molecule is CCN1CC2(CO)CCC(OC)C34C5CC6CCC(O)(C5C6OC)C(O)(C(OC)C23)C14. The van der Waals surface area contributed by atoms with Gasteiger partial charge in [0.2, 0.25) is 0 Å². The lowest BCUT2D eigenvalue weighted by molar-refractivity contribution is -0.313. The maximum absolute atomic E-state index is 12.8. The van der Waals surface area contributed by atoms with Gasteiger partial charge >= 0.3 is 0 Å². The zero-order chi connectivity index (χ0) is 22.0. The third-order valence-corrected chi connectivity index (χ3v) is 11.3. The number of rotatable bonds is 5. The molecule has 1 heterocycles. The van der Waals surface area contributed by atoms with Crippen LogP contribution in [-0.2, 0) is 14.2 Å². The van der Waals surface area contributed by atoms with Crippen molar-refractivity contribution in [1.29, 1.82) is 0 Å². The molecular formula is C24H39NO6. The van der Waals surface area contributed by atoms with Gasteiger partial charge in [0.1, 0.15) is 11.2 Å². The van der Waals surface area contributed by atoms with E-state index >= 15 is 0 Å². The lowest BCUT2D eigenvalue weighted by Crippen LogP contribution is -2.81. The average molecular weight is 438 g/mol. The first-order valence-corrected chi connectivity index (χ1v) is 12.2. The molecule has 5 aliphatic carbocycles. The molecule has 0 aromatic carbocycles. The molecule has 7 heteroatoms. The smallest absolute Gasteiger partial charge is 0.136 e. The van der Waals surface area contributed by atoms with Crippen molar-refractivity contribution in [1.82, 2.24) is 4.90 Å². The van der Waals surface area contributed by atoms with Crippen LogP contribution in [-0.4, -0.2) is 96.8 Å². The van der Waals surface area contributed by atoms with Gasteiger partial charge in [-0.3, -0.25) is 4.90 Å². The molecule has 1 spiro atoms. The molecule has 1 aliphatic heterocycles. The first kappa shape index (κ1) is 21.3. The minimum Gasteiger partial charge on any atom is -0.396 e. The number of hydrogen-bond donors (Lipinski definition) is 3. The highest BCUT2D eigenvalue weighted by Crippen LogP contribution is 2.80. The van der Waals surface area contributed by atoms with E-state index in [1.165, 1.54) is 0 Å². The van der Waals surface area contributed by atoms with E-state index < -0.39 is 17.3 Å². The first-order valence-electron chi connectivity index (χ1n) is 12.2. The van der Waals surface area contributed by atoms with Crippen LogP contribution in [0.1, 0.15) is 39.0 Å². The number of nitrogens with zero attached hydrogens (tertiary/aromatic N) is 1. The van der Waals surface area contributed by atoms with Gasteiger partial charge < -0.3 is 29.5 Å². The van der Waals surface area contributed by atoms with Crippen LogP contribution in [0.15, 0.2) is 0 Å². The molecule has 31 heavy (non-hydrogen) atoms. The normalized spacial score (nSPS) is 61.6. The quantitative estimate of drug-likeness (QED) is 0.582. The van der Waals surface area contributed by atoms with Crippen LogP contribution >= 0.6 is 0 Å². The van der Waals surface area contributed by atoms with Gasteiger partial charge in [-0.15, -0.1) is 0 Å². The van der Waals surface area contributed by atoms with E-state index in [1.807, 2.05) is 0 Å². The summed E-state index contributed by atoms with van der Waals surface area (Å²) in [5.41, 5.74) is -3.42. The Morgan fingerprint density at radius 2 is 1.81 bits per heavy atom. The van der Waals surface area contributed by atoms with E-state index in [9.17, 15) is 15.3 Å². The number of methoxy groups -OCH3 is 3. The number of likely N-dealkylation sites (tertiary alicyclic amines) is 1. The van der Waals surface area contributed by atoms with E-state index in [-0.39, 0.29) is 53.4 Å². The summed E-state index contributed by atoms with van der Waals surface area (Å²) in [6, 6.07) is -0.245. The number of fused-ring (bicyclic) bond motifs is 2. The molecule has 1 saturated heterocycles. The summed E-state index contributed by atoms with van der Waals surface area (Å²) in [6.45, 7) is 3.70. The van der Waals surface area contributed by atoms with Gasteiger partial charge in [-0.05, 0) is 50.5 Å². The van der Waals surface area contributed by atoms with E-state index in [2.05, 4.69) is 11.8 Å². The molecular weight excluding hydrogens is 398 g/mol. The van der Waals surface area contributed by atoms with Crippen molar-refractivity contribution in [2.24, 2.45) is 34.5 Å². The van der Waals surface area contributed by atoms with Gasteiger partial charge in [0, 0.05) is 50.5 Å². The Balaban J connectivity index is 1.69. The lowest BCUT2D eigenvalue weighted by atomic mass is 9.42. The summed E-state index contributed by atoms with van der Waals surface area (Å²) < 4.78 is 18.5. The fourth-order valence-electron chi connectivity index (χ4n) is 10.8. The van der Waals surface area contributed by atoms with Crippen molar-refractivity contribution in [2.45, 2.75) is 74.6 Å². The summed E-state index contributed by atoms with van der Waals surface area (Å²) in [7, 11) is 5.22. The predicted octanol–water partition coefficient (Wildman–Crippen LogP) is 0.646. The largest absolute Gasteiger partial charge is 0.396 e. The minimum atomic E-state index is -1.42. The molecule has 3 N–H and O–H groups in total. The van der Waals surface area contributed by atoms with Gasteiger partial charge in [-0.25, -0.2) is 0 Å². The summed E-state index contributed by atoms with van der Waals surface area (Å²) in [5.74, 6) is 0.389. The average Bonchev–Trinajstić information content (AvgIpc) is 3.17.